The number of piperazine rings is 1. The highest BCUT2D eigenvalue weighted by Gasteiger charge is 2.38. The quantitative estimate of drug-likeness (QED) is 0.268. The Morgan fingerprint density at radius 1 is 1.12 bits per heavy atom. The number of benzene rings is 1. The molecule has 0 aliphatic carbocycles. The summed E-state index contributed by atoms with van der Waals surface area (Å²) in [6, 6.07) is 4.78. The number of anilines is 2. The maximum absolute atomic E-state index is 13.4. The number of imidazole rings is 1. The van der Waals surface area contributed by atoms with Gasteiger partial charge in [-0.15, -0.1) is 0 Å². The van der Waals surface area contributed by atoms with Crippen LogP contribution in [0.15, 0.2) is 43.0 Å². The first-order chi connectivity index (χ1) is 20.6. The van der Waals surface area contributed by atoms with Crippen molar-refractivity contribution >= 4 is 40.6 Å². The summed E-state index contributed by atoms with van der Waals surface area (Å²) < 4.78 is 41.7. The molecule has 0 bridgehead atoms. The number of hydrogen-bond donors (Lipinski definition) is 4. The van der Waals surface area contributed by atoms with E-state index in [-0.39, 0.29) is 45.1 Å². The lowest BCUT2D eigenvalue weighted by atomic mass is 9.93. The normalized spacial score (nSPS) is 19.6. The monoisotopic (exact) mass is 617 g/mol. The summed E-state index contributed by atoms with van der Waals surface area (Å²) in [6.45, 7) is 2.47. The summed E-state index contributed by atoms with van der Waals surface area (Å²) in [5.74, 6) is -0.534. The van der Waals surface area contributed by atoms with Crippen LogP contribution in [0.2, 0.25) is 5.02 Å². The first-order valence-corrected chi connectivity index (χ1v) is 14.0. The second-order valence-electron chi connectivity index (χ2n) is 10.4. The summed E-state index contributed by atoms with van der Waals surface area (Å²) in [6.07, 6.45) is 0.583. The molecule has 16 heteroatoms. The molecule has 2 aliphatic heterocycles. The van der Waals surface area contributed by atoms with Gasteiger partial charge in [-0.1, -0.05) is 11.6 Å². The lowest BCUT2D eigenvalue weighted by Gasteiger charge is -2.38. The van der Waals surface area contributed by atoms with Crippen LogP contribution in [0.1, 0.15) is 22.5 Å². The molecule has 43 heavy (non-hydrogen) atoms. The lowest BCUT2D eigenvalue weighted by Crippen LogP contribution is -2.55. The fraction of sp³-hybridized carbons (Fsp3) is 0.370. The van der Waals surface area contributed by atoms with Crippen LogP contribution in [0.25, 0.3) is 16.9 Å². The van der Waals surface area contributed by atoms with Gasteiger partial charge in [-0.25, -0.2) is 9.97 Å². The highest BCUT2D eigenvalue weighted by Crippen LogP contribution is 2.36. The summed E-state index contributed by atoms with van der Waals surface area (Å²) in [7, 11) is 0. The van der Waals surface area contributed by atoms with Crippen LogP contribution in [-0.2, 0) is 11.0 Å². The van der Waals surface area contributed by atoms with Gasteiger partial charge in [0.15, 0.2) is 17.2 Å². The van der Waals surface area contributed by atoms with Crippen LogP contribution in [-0.4, -0.2) is 96.7 Å². The Labute approximate surface area is 247 Å². The number of rotatable bonds is 5. The van der Waals surface area contributed by atoms with Crippen LogP contribution in [0.3, 0.4) is 0 Å². The van der Waals surface area contributed by atoms with Crippen molar-refractivity contribution < 1.29 is 27.9 Å². The zero-order chi connectivity index (χ0) is 30.3. The number of H-pyrrole nitrogens is 1. The zero-order valence-electron chi connectivity index (χ0n) is 22.6. The van der Waals surface area contributed by atoms with Gasteiger partial charge in [-0.3, -0.25) is 19.1 Å². The van der Waals surface area contributed by atoms with Crippen molar-refractivity contribution in [1.82, 2.24) is 39.7 Å². The molecule has 3 aromatic heterocycles. The minimum atomic E-state index is -4.65. The number of aromatic amines is 1. The van der Waals surface area contributed by atoms with Gasteiger partial charge in [0.25, 0.3) is 5.91 Å². The Kier molecular flexibility index (Phi) is 7.70. The average molecular weight is 618 g/mol. The minimum absolute atomic E-state index is 0.0895. The number of nitrogens with one attached hydrogen (secondary N) is 3. The van der Waals surface area contributed by atoms with Gasteiger partial charge >= 0.3 is 6.18 Å². The number of piperidine rings is 1. The predicted molar refractivity (Wildman–Crippen MR) is 150 cm³/mol. The molecule has 2 aliphatic rings. The third-order valence-corrected chi connectivity index (χ3v) is 8.03. The summed E-state index contributed by atoms with van der Waals surface area (Å²) in [5, 5.41) is 22.1. The van der Waals surface area contributed by atoms with Crippen molar-refractivity contribution in [1.29, 1.82) is 0 Å². The van der Waals surface area contributed by atoms with Crippen molar-refractivity contribution in [2.75, 3.05) is 44.6 Å². The molecule has 0 radical (unpaired) electrons. The fourth-order valence-electron chi connectivity index (χ4n) is 5.48. The average Bonchev–Trinajstić information content (AvgIpc) is 3.65. The van der Waals surface area contributed by atoms with Gasteiger partial charge in [0.05, 0.1) is 40.1 Å². The summed E-state index contributed by atoms with van der Waals surface area (Å²) in [5.41, 5.74) is 0.0109. The van der Waals surface area contributed by atoms with E-state index >= 15 is 0 Å². The van der Waals surface area contributed by atoms with Crippen LogP contribution in [0.5, 0.6) is 0 Å². The van der Waals surface area contributed by atoms with Crippen LogP contribution >= 0.6 is 11.6 Å². The van der Waals surface area contributed by atoms with Gasteiger partial charge in [-0.2, -0.15) is 18.3 Å². The summed E-state index contributed by atoms with van der Waals surface area (Å²) >= 11 is 6.51. The first-order valence-electron chi connectivity index (χ1n) is 13.6. The van der Waals surface area contributed by atoms with Crippen molar-refractivity contribution in [3.8, 4) is 11.3 Å². The van der Waals surface area contributed by atoms with Crippen LogP contribution in [0.4, 0.5) is 24.7 Å². The van der Waals surface area contributed by atoms with Gasteiger partial charge in [0.2, 0.25) is 5.91 Å². The highest BCUT2D eigenvalue weighted by atomic mass is 35.5. The minimum Gasteiger partial charge on any atom is -0.391 e. The molecule has 4 N–H and O–H groups in total. The number of β-amino-alcohol motifs (C(OH)–C–C–N with tert-alkyl or cyclic N) is 1. The van der Waals surface area contributed by atoms with E-state index in [0.717, 1.165) is 6.20 Å². The molecule has 2 amide bonds. The van der Waals surface area contributed by atoms with Crippen molar-refractivity contribution in [3.05, 3.63) is 59.3 Å². The topological polar surface area (TPSA) is 144 Å². The molecule has 2 atom stereocenters. The number of carbonyl (C=O) groups is 2. The number of hydrogen-bond acceptors (Lipinski definition) is 8. The Morgan fingerprint density at radius 2 is 1.88 bits per heavy atom. The number of aliphatic hydroxyl groups is 1. The van der Waals surface area contributed by atoms with E-state index in [0.29, 0.717) is 51.4 Å². The Balaban J connectivity index is 1.14. The molecule has 12 nitrogen and oxygen atoms in total. The first kappa shape index (κ1) is 28.9. The number of nitrogens with zero attached hydrogens (tertiary/aromatic N) is 6. The molecule has 226 valence electrons. The van der Waals surface area contributed by atoms with Crippen LogP contribution in [0, 0.1) is 5.92 Å². The number of aromatic nitrogens is 5. The van der Waals surface area contributed by atoms with E-state index in [2.05, 4.69) is 30.8 Å². The van der Waals surface area contributed by atoms with Crippen molar-refractivity contribution in [2.45, 2.75) is 18.7 Å². The molecule has 2 saturated heterocycles. The van der Waals surface area contributed by atoms with Gasteiger partial charge in [-0.05, 0) is 31.2 Å². The van der Waals surface area contributed by atoms with Gasteiger partial charge in [0.1, 0.15) is 0 Å². The predicted octanol–water partition coefficient (Wildman–Crippen LogP) is 2.79. The number of halogens is 4. The number of carbonyl (C=O) groups excluding carboxylic acids is 2. The standard InChI is InChI=1S/C27H27ClF3N9O3/c28-19-11-15(36-23-24-34-13-20(40(24)6-5-33-23)18-12-35-37-22(18)27(29,30)31)1-2-16(19)25(42)38-7-9-39(10-8-38)26(43)17-3-4-32-14-21(17)41/h1-2,5-6,11-13,17,21,32,41H,3-4,7-10,14H2,(H,33,36)(H,35,37)/t17-,21+/m0/s1. The van der Waals surface area contributed by atoms with Crippen LogP contribution < -0.4 is 10.6 Å². The molecule has 0 spiro atoms. The zero-order valence-corrected chi connectivity index (χ0v) is 23.4. The maximum Gasteiger partial charge on any atom is 0.435 e. The van der Waals surface area contributed by atoms with E-state index in [4.69, 9.17) is 11.6 Å². The highest BCUT2D eigenvalue weighted by molar-refractivity contribution is 6.34. The van der Waals surface area contributed by atoms with Crippen molar-refractivity contribution in [3.63, 3.8) is 0 Å². The second kappa shape index (κ2) is 11.5. The maximum atomic E-state index is 13.4. The molecule has 4 aromatic rings. The number of amides is 2. The van der Waals surface area contributed by atoms with Gasteiger partial charge in [0, 0.05) is 57.0 Å². The van der Waals surface area contributed by atoms with E-state index < -0.39 is 23.9 Å². The number of fused-ring (bicyclic) bond motifs is 1. The summed E-state index contributed by atoms with van der Waals surface area (Å²) in [4.78, 5) is 38.0. The largest absolute Gasteiger partial charge is 0.435 e. The molecule has 0 saturated carbocycles. The van der Waals surface area contributed by atoms with E-state index in [1.807, 2.05) is 0 Å². The molecular weight excluding hydrogens is 591 g/mol. The van der Waals surface area contributed by atoms with E-state index in [1.165, 1.54) is 23.0 Å². The molecular formula is C27H27ClF3N9O3. The Bertz CT molecular complexity index is 1670. The van der Waals surface area contributed by atoms with Gasteiger partial charge < -0.3 is 25.5 Å². The molecule has 1 aromatic carbocycles. The second-order valence-corrected chi connectivity index (χ2v) is 10.8. The van der Waals surface area contributed by atoms with E-state index in [9.17, 15) is 27.9 Å². The lowest BCUT2D eigenvalue weighted by molar-refractivity contribution is -0.142. The molecule has 2 fully saturated rings. The van der Waals surface area contributed by atoms with E-state index in [1.54, 1.807) is 28.0 Å². The molecule has 5 heterocycles. The Morgan fingerprint density at radius 3 is 2.60 bits per heavy atom. The number of aliphatic hydroxyl groups excluding tert-OH is 1. The third-order valence-electron chi connectivity index (χ3n) is 7.72. The Hall–Kier alpha value is -4.21. The SMILES string of the molecule is O=C(c1ccc(Nc2nccn3c(-c4c[nH]nc4C(F)(F)F)cnc23)cc1Cl)N1CCN(C(=O)[C@H]2CCNC[C@H]2O)CC1. The fourth-order valence-corrected chi connectivity index (χ4v) is 5.74. The van der Waals surface area contributed by atoms with Crippen molar-refractivity contribution in [2.24, 2.45) is 5.92 Å². The third kappa shape index (κ3) is 5.62. The smallest absolute Gasteiger partial charge is 0.391 e. The molecule has 6 rings (SSSR count). The number of alkyl halides is 3. The molecule has 0 unspecified atom stereocenters.